The average Bonchev–Trinajstić information content (AvgIpc) is 2.41. The molecule has 0 bridgehead atoms. The first kappa shape index (κ1) is 15.0. The average molecular weight is 308 g/mol. The van der Waals surface area contributed by atoms with Crippen LogP contribution in [0.1, 0.15) is 11.3 Å². The van der Waals surface area contributed by atoms with E-state index in [9.17, 15) is 10.1 Å². The Hall–Kier alpha value is -2.41. The van der Waals surface area contributed by atoms with Crippen molar-refractivity contribution in [2.24, 2.45) is 0 Å². The van der Waals surface area contributed by atoms with Crippen molar-refractivity contribution in [2.75, 3.05) is 17.7 Å². The van der Waals surface area contributed by atoms with E-state index in [0.29, 0.717) is 16.7 Å². The number of hydrogen-bond donors (Lipinski definition) is 2. The summed E-state index contributed by atoms with van der Waals surface area (Å²) in [5.74, 6) is 0.397. The number of aryl methyl sites for hydroxylation is 2. The van der Waals surface area contributed by atoms with Crippen molar-refractivity contribution in [2.45, 2.75) is 13.8 Å². The van der Waals surface area contributed by atoms with Gasteiger partial charge in [-0.25, -0.2) is 4.98 Å². The molecule has 0 aliphatic heterocycles. The van der Waals surface area contributed by atoms with E-state index in [4.69, 9.17) is 11.6 Å². The molecular formula is C13H14ClN5O2. The second-order valence-electron chi connectivity index (χ2n) is 4.45. The molecule has 7 nitrogen and oxygen atoms in total. The van der Waals surface area contributed by atoms with Gasteiger partial charge in [-0.15, -0.1) is 0 Å². The molecule has 0 aliphatic rings. The maximum Gasteiger partial charge on any atom is 0.332 e. The Labute approximate surface area is 126 Å². The molecule has 0 fully saturated rings. The number of aromatic nitrogens is 2. The summed E-state index contributed by atoms with van der Waals surface area (Å²) >= 11 is 6.10. The zero-order chi connectivity index (χ0) is 15.6. The maximum atomic E-state index is 11.2. The van der Waals surface area contributed by atoms with Crippen LogP contribution in [0.2, 0.25) is 5.02 Å². The van der Waals surface area contributed by atoms with Crippen molar-refractivity contribution in [1.29, 1.82) is 0 Å². The third-order valence-electron chi connectivity index (χ3n) is 2.84. The van der Waals surface area contributed by atoms with Crippen LogP contribution in [0.15, 0.2) is 18.2 Å². The highest BCUT2D eigenvalue weighted by Crippen LogP contribution is 2.32. The summed E-state index contributed by atoms with van der Waals surface area (Å²) < 4.78 is 0. The molecule has 0 saturated carbocycles. The van der Waals surface area contributed by atoms with Gasteiger partial charge in [0.25, 0.3) is 0 Å². The van der Waals surface area contributed by atoms with Crippen LogP contribution in [0.25, 0.3) is 0 Å². The number of hydrogen-bond acceptors (Lipinski definition) is 6. The van der Waals surface area contributed by atoms with Gasteiger partial charge in [-0.3, -0.25) is 10.1 Å². The fourth-order valence-corrected chi connectivity index (χ4v) is 2.01. The molecule has 0 amide bonds. The molecule has 1 heterocycles. The minimum atomic E-state index is -0.513. The molecule has 0 saturated heterocycles. The van der Waals surface area contributed by atoms with E-state index >= 15 is 0 Å². The molecule has 2 rings (SSSR count). The third-order valence-corrected chi connectivity index (χ3v) is 3.17. The van der Waals surface area contributed by atoms with Crippen LogP contribution in [-0.2, 0) is 0 Å². The molecule has 110 valence electrons. The molecule has 2 aromatic rings. The fraction of sp³-hybridized carbons (Fsp3) is 0.231. The lowest BCUT2D eigenvalue weighted by Crippen LogP contribution is -2.07. The number of nitrogens with zero attached hydrogens (tertiary/aromatic N) is 3. The first-order valence-electron chi connectivity index (χ1n) is 6.16. The standard InChI is InChI=1S/C13H14ClN5O2/c1-7-4-5-9(14)10(6-7)17-12-11(19(20)21)8(2)16-13(15-3)18-12/h4-6H,1-3H3,(H2,15,16,17,18). The molecule has 0 radical (unpaired) electrons. The Morgan fingerprint density at radius 1 is 1.29 bits per heavy atom. The minimum absolute atomic E-state index is 0.101. The van der Waals surface area contributed by atoms with E-state index in [-0.39, 0.29) is 17.2 Å². The number of nitro groups is 1. The molecule has 0 atom stereocenters. The van der Waals surface area contributed by atoms with E-state index in [2.05, 4.69) is 20.6 Å². The molecule has 21 heavy (non-hydrogen) atoms. The van der Waals surface area contributed by atoms with Gasteiger partial charge in [-0.2, -0.15) is 4.98 Å². The van der Waals surface area contributed by atoms with Crippen LogP contribution in [0.3, 0.4) is 0 Å². The lowest BCUT2D eigenvalue weighted by Gasteiger charge is -2.11. The predicted molar refractivity (Wildman–Crippen MR) is 82.4 cm³/mol. The van der Waals surface area contributed by atoms with Crippen molar-refractivity contribution in [1.82, 2.24) is 9.97 Å². The van der Waals surface area contributed by atoms with E-state index < -0.39 is 4.92 Å². The van der Waals surface area contributed by atoms with Crippen LogP contribution in [0.4, 0.5) is 23.1 Å². The van der Waals surface area contributed by atoms with Gasteiger partial charge in [0.15, 0.2) is 0 Å². The van der Waals surface area contributed by atoms with Gasteiger partial charge in [0.2, 0.25) is 11.8 Å². The molecule has 0 spiro atoms. The first-order valence-corrected chi connectivity index (χ1v) is 6.54. The Kier molecular flexibility index (Phi) is 4.23. The van der Waals surface area contributed by atoms with Crippen molar-refractivity contribution >= 4 is 34.7 Å². The number of anilines is 3. The van der Waals surface area contributed by atoms with Gasteiger partial charge in [-0.1, -0.05) is 17.7 Å². The summed E-state index contributed by atoms with van der Waals surface area (Å²) in [6.45, 7) is 3.46. The summed E-state index contributed by atoms with van der Waals surface area (Å²) in [4.78, 5) is 18.8. The van der Waals surface area contributed by atoms with E-state index in [1.54, 1.807) is 26.1 Å². The van der Waals surface area contributed by atoms with Gasteiger partial charge >= 0.3 is 5.69 Å². The molecule has 0 unspecified atom stereocenters. The zero-order valence-corrected chi connectivity index (χ0v) is 12.5. The Bertz CT molecular complexity index is 705. The predicted octanol–water partition coefficient (Wildman–Crippen LogP) is 3.44. The van der Waals surface area contributed by atoms with Crippen molar-refractivity contribution in [3.8, 4) is 0 Å². The number of rotatable bonds is 4. The lowest BCUT2D eigenvalue weighted by atomic mass is 10.2. The smallest absolute Gasteiger partial charge is 0.332 e. The van der Waals surface area contributed by atoms with Gasteiger partial charge in [-0.05, 0) is 31.5 Å². The summed E-state index contributed by atoms with van der Waals surface area (Å²) in [7, 11) is 1.64. The van der Waals surface area contributed by atoms with Crippen LogP contribution in [0, 0.1) is 24.0 Å². The minimum Gasteiger partial charge on any atom is -0.357 e. The molecule has 2 N–H and O–H groups in total. The van der Waals surface area contributed by atoms with E-state index in [1.165, 1.54) is 0 Å². The third kappa shape index (κ3) is 3.19. The topological polar surface area (TPSA) is 93.0 Å². The van der Waals surface area contributed by atoms with Crippen molar-refractivity contribution in [3.63, 3.8) is 0 Å². The van der Waals surface area contributed by atoms with E-state index in [0.717, 1.165) is 5.56 Å². The first-order chi connectivity index (χ1) is 9.92. The summed E-state index contributed by atoms with van der Waals surface area (Å²) in [6, 6.07) is 5.37. The number of benzene rings is 1. The van der Waals surface area contributed by atoms with Gasteiger partial charge < -0.3 is 10.6 Å². The van der Waals surface area contributed by atoms with Gasteiger partial charge in [0, 0.05) is 7.05 Å². The van der Waals surface area contributed by atoms with Crippen LogP contribution >= 0.6 is 11.6 Å². The number of halogens is 1. The van der Waals surface area contributed by atoms with Crippen molar-refractivity contribution in [3.05, 3.63) is 44.6 Å². The normalized spacial score (nSPS) is 10.3. The Balaban J connectivity index is 2.54. The Morgan fingerprint density at radius 3 is 2.62 bits per heavy atom. The van der Waals surface area contributed by atoms with Gasteiger partial charge in [0.1, 0.15) is 5.69 Å². The van der Waals surface area contributed by atoms with Crippen molar-refractivity contribution < 1.29 is 4.92 Å². The largest absolute Gasteiger partial charge is 0.357 e. The quantitative estimate of drug-likeness (QED) is 0.664. The monoisotopic (exact) mass is 307 g/mol. The number of nitrogens with one attached hydrogen (secondary N) is 2. The SMILES string of the molecule is CNc1nc(C)c([N+](=O)[O-])c(Nc2cc(C)ccc2Cl)n1. The molecule has 0 aliphatic carbocycles. The lowest BCUT2D eigenvalue weighted by molar-refractivity contribution is -0.385. The van der Waals surface area contributed by atoms with Gasteiger partial charge in [0.05, 0.1) is 15.6 Å². The summed E-state index contributed by atoms with van der Waals surface area (Å²) in [5, 5.41) is 17.4. The highest BCUT2D eigenvalue weighted by molar-refractivity contribution is 6.33. The summed E-state index contributed by atoms with van der Waals surface area (Å²) in [5.41, 5.74) is 1.63. The van der Waals surface area contributed by atoms with Crippen LogP contribution in [-0.4, -0.2) is 21.9 Å². The van der Waals surface area contributed by atoms with E-state index in [1.807, 2.05) is 13.0 Å². The highest BCUT2D eigenvalue weighted by Gasteiger charge is 2.22. The molecule has 1 aromatic heterocycles. The highest BCUT2D eigenvalue weighted by atomic mass is 35.5. The molecule has 8 heteroatoms. The molecule has 1 aromatic carbocycles. The second-order valence-corrected chi connectivity index (χ2v) is 4.85. The zero-order valence-electron chi connectivity index (χ0n) is 11.8. The second kappa shape index (κ2) is 5.92. The van der Waals surface area contributed by atoms with Crippen LogP contribution in [0.5, 0.6) is 0 Å². The van der Waals surface area contributed by atoms with Crippen LogP contribution < -0.4 is 10.6 Å². The fourth-order valence-electron chi connectivity index (χ4n) is 1.85. The molecular weight excluding hydrogens is 294 g/mol. The maximum absolute atomic E-state index is 11.2. The Morgan fingerprint density at radius 2 is 2.00 bits per heavy atom. The summed E-state index contributed by atoms with van der Waals surface area (Å²) in [6.07, 6.45) is 0.